The fourth-order valence-electron chi connectivity index (χ4n) is 9.59. The molecule has 3 N–H and O–H groups in total. The Hall–Kier alpha value is -8.73. The number of nitrogens with one attached hydrogen (secondary N) is 2. The van der Waals surface area contributed by atoms with Gasteiger partial charge in [-0.05, 0) is 113 Å². The van der Waals surface area contributed by atoms with Crippen molar-refractivity contribution in [3.8, 4) is 46.0 Å². The summed E-state index contributed by atoms with van der Waals surface area (Å²) >= 11 is 0. The van der Waals surface area contributed by atoms with Crippen LogP contribution in [0.2, 0.25) is 0 Å². The van der Waals surface area contributed by atoms with E-state index < -0.39 is 43.7 Å². The Kier molecular flexibility index (Phi) is 15.1. The highest BCUT2D eigenvalue weighted by atomic mass is 32.2. The maximum atomic E-state index is 14.0. The number of methoxy groups -OCH3 is 4. The maximum absolute atomic E-state index is 14.0. The van der Waals surface area contributed by atoms with Gasteiger partial charge < -0.3 is 52.1 Å². The Morgan fingerprint density at radius 3 is 1.45 bits per heavy atom. The van der Waals surface area contributed by atoms with Crippen LogP contribution in [0.3, 0.4) is 0 Å². The fraction of sp³-hybridized carbons (Fsp3) is 0.232. The van der Waals surface area contributed by atoms with Crippen molar-refractivity contribution in [1.29, 1.82) is 0 Å². The van der Waals surface area contributed by atoms with Crippen LogP contribution in [0, 0.1) is 13.8 Å². The van der Waals surface area contributed by atoms with Crippen LogP contribution in [0.5, 0.6) is 46.0 Å². The minimum Gasteiger partial charge on any atom is -0.495 e. The lowest BCUT2D eigenvalue weighted by atomic mass is 9.89. The quantitative estimate of drug-likeness (QED) is 0.0821. The molecule has 0 saturated carbocycles. The molecule has 0 fully saturated rings. The average Bonchev–Trinajstić information content (AvgIpc) is 4.24. The Balaban J connectivity index is 0.000000190. The predicted octanol–water partition coefficient (Wildman–Crippen LogP) is 7.04. The molecule has 78 heavy (non-hydrogen) atoms. The number of benzene rings is 6. The van der Waals surface area contributed by atoms with Crippen LogP contribution in [-0.2, 0) is 50.3 Å². The number of carbonyl (C=O) groups is 3. The smallest absolute Gasteiger partial charge is 0.267 e. The molecule has 10 rings (SSSR count). The number of ether oxygens (including phenoxy) is 8. The van der Waals surface area contributed by atoms with Gasteiger partial charge in [0.25, 0.3) is 20.0 Å². The largest absolute Gasteiger partial charge is 0.495 e. The highest BCUT2D eigenvalue weighted by molar-refractivity contribution is 7.90. The Bertz CT molecular complexity index is 3930. The second-order valence-corrected chi connectivity index (χ2v) is 21.6. The van der Waals surface area contributed by atoms with Gasteiger partial charge >= 0.3 is 0 Å². The van der Waals surface area contributed by atoms with Crippen LogP contribution in [-0.4, -0.2) is 91.2 Å². The normalized spacial score (nSPS) is 13.3. The number of amides is 2. The Morgan fingerprint density at radius 2 is 1.03 bits per heavy atom. The molecule has 0 saturated heterocycles. The summed E-state index contributed by atoms with van der Waals surface area (Å²) in [5.41, 5.74) is 6.19. The first-order chi connectivity index (χ1) is 37.3. The Labute approximate surface area is 449 Å². The van der Waals surface area contributed by atoms with Crippen LogP contribution in [0.25, 0.3) is 21.8 Å². The minimum atomic E-state index is -4.33. The van der Waals surface area contributed by atoms with Gasteiger partial charge in [0, 0.05) is 53.9 Å². The van der Waals surface area contributed by atoms with Gasteiger partial charge in [-0.2, -0.15) is 0 Å². The molecule has 0 bridgehead atoms. The van der Waals surface area contributed by atoms with E-state index in [4.69, 9.17) is 37.9 Å². The average molecular weight is 1100 g/mol. The third kappa shape index (κ3) is 10.3. The predicted molar refractivity (Wildman–Crippen MR) is 285 cm³/mol. The van der Waals surface area contributed by atoms with Gasteiger partial charge in [-0.15, -0.1) is 0 Å². The summed E-state index contributed by atoms with van der Waals surface area (Å²) < 4.78 is 106. The minimum absolute atomic E-state index is 0.00812. The van der Waals surface area contributed by atoms with Gasteiger partial charge in [-0.3, -0.25) is 14.4 Å². The van der Waals surface area contributed by atoms with Crippen LogP contribution in [0.15, 0.2) is 119 Å². The molecule has 4 heterocycles. The lowest BCUT2D eigenvalue weighted by molar-refractivity contribution is -0.120. The van der Waals surface area contributed by atoms with Gasteiger partial charge in [0.2, 0.25) is 36.9 Å². The second-order valence-electron chi connectivity index (χ2n) is 18.3. The molecule has 22 heteroatoms. The molecule has 2 aromatic heterocycles. The summed E-state index contributed by atoms with van der Waals surface area (Å²) in [6.45, 7) is 3.44. The van der Waals surface area contributed by atoms with Gasteiger partial charge in [-0.1, -0.05) is 36.4 Å². The molecule has 20 nitrogen and oxygen atoms in total. The number of nitrogens with zero attached hydrogens (tertiary/aromatic N) is 2. The number of carbonyl (C=O) groups excluding carboxylic acids is 3. The number of hydrogen-bond donors (Lipinski definition) is 3. The zero-order chi connectivity index (χ0) is 55.8. The highest BCUT2D eigenvalue weighted by Crippen LogP contribution is 2.47. The molecular formula is C56H54N4O16S2. The molecular weight excluding hydrogens is 1050 g/mol. The van der Waals surface area contributed by atoms with Crippen molar-refractivity contribution < 1.29 is 74.2 Å². The molecule has 6 aromatic carbocycles. The van der Waals surface area contributed by atoms with E-state index in [0.29, 0.717) is 78.8 Å². The van der Waals surface area contributed by atoms with E-state index in [2.05, 4.69) is 9.44 Å². The molecule has 8 aromatic rings. The van der Waals surface area contributed by atoms with E-state index in [1.165, 1.54) is 40.6 Å². The number of aliphatic hydroxyl groups excluding tert-OH is 1. The summed E-state index contributed by atoms with van der Waals surface area (Å²) in [6, 6.07) is 26.2. The van der Waals surface area contributed by atoms with Crippen molar-refractivity contribution in [1.82, 2.24) is 18.6 Å². The Morgan fingerprint density at radius 1 is 0.590 bits per heavy atom. The number of aliphatic hydroxyl groups is 1. The van der Waals surface area contributed by atoms with Gasteiger partial charge in [0.1, 0.15) is 27.6 Å². The van der Waals surface area contributed by atoms with E-state index in [0.717, 1.165) is 28.3 Å². The standard InChI is InChI=1S/C28H28N2O8S.C28H26N2O8S/c2*1-16-5-8-25(22(9-16)35-3)39(33,34)29-28(32)26(18-11-23(36-4)27-24(12-18)37-15-38-27)20-13-30(2)21-10-17(14-31)6-7-19(20)21/h5-13,26,31H,14-15H2,1-4H3,(H,29,32);5-14,26H,15H2,1-4H3,(H,29,32). The highest BCUT2D eigenvalue weighted by Gasteiger charge is 2.36. The van der Waals surface area contributed by atoms with E-state index >= 15 is 0 Å². The summed E-state index contributed by atoms with van der Waals surface area (Å²) in [5, 5.41) is 11.0. The third-order valence-electron chi connectivity index (χ3n) is 13.3. The molecule has 2 aliphatic rings. The van der Waals surface area contributed by atoms with Crippen molar-refractivity contribution in [3.63, 3.8) is 0 Å². The van der Waals surface area contributed by atoms with Crippen LogP contribution < -0.4 is 47.3 Å². The number of hydrogen-bond acceptors (Lipinski definition) is 16. The van der Waals surface area contributed by atoms with Crippen molar-refractivity contribution >= 4 is 60.0 Å². The van der Waals surface area contributed by atoms with E-state index in [1.807, 2.05) is 24.6 Å². The van der Waals surface area contributed by atoms with Gasteiger partial charge in [-0.25, -0.2) is 26.3 Å². The molecule has 0 aliphatic carbocycles. The first-order valence-corrected chi connectivity index (χ1v) is 26.9. The van der Waals surface area contributed by atoms with Gasteiger partial charge in [0.05, 0.1) is 46.9 Å². The number of aromatic nitrogens is 2. The zero-order valence-electron chi connectivity index (χ0n) is 43.5. The van der Waals surface area contributed by atoms with Crippen molar-refractivity contribution in [3.05, 3.63) is 154 Å². The molecule has 0 radical (unpaired) electrons. The topological polar surface area (TPSA) is 247 Å². The van der Waals surface area contributed by atoms with E-state index in [1.54, 1.807) is 110 Å². The number of aldehydes is 1. The number of aryl methyl sites for hydroxylation is 4. The summed E-state index contributed by atoms with van der Waals surface area (Å²) in [6.07, 6.45) is 4.24. The summed E-state index contributed by atoms with van der Waals surface area (Å²) in [4.78, 5) is 39.0. The lowest BCUT2D eigenvalue weighted by Crippen LogP contribution is -2.35. The number of fused-ring (bicyclic) bond motifs is 4. The van der Waals surface area contributed by atoms with E-state index in [9.17, 15) is 36.3 Å². The SMILES string of the molecule is COc1cc(C)ccc1S(=O)(=O)NC(=O)C(c1cc(OC)c2c(c1)OCO2)c1cn(C)c2cc(C=O)ccc12.COc1cc(C)ccc1S(=O)(=O)NC(=O)C(c1cc(OC)c2c(c1)OCO2)c1cn(C)c2cc(CO)ccc12. The summed E-state index contributed by atoms with van der Waals surface area (Å²) in [5.74, 6) is -1.29. The second kappa shape index (κ2) is 21.7. The van der Waals surface area contributed by atoms with Gasteiger partial charge in [0.15, 0.2) is 23.0 Å². The molecule has 0 spiro atoms. The first-order valence-electron chi connectivity index (χ1n) is 23.9. The van der Waals surface area contributed by atoms with Crippen molar-refractivity contribution in [2.75, 3.05) is 42.0 Å². The lowest BCUT2D eigenvalue weighted by Gasteiger charge is -2.19. The van der Waals surface area contributed by atoms with Crippen LogP contribution in [0.1, 0.15) is 61.1 Å². The molecule has 2 unspecified atom stereocenters. The molecule has 2 amide bonds. The molecule has 2 aliphatic heterocycles. The first kappa shape index (κ1) is 54.1. The van der Waals surface area contributed by atoms with Crippen molar-refractivity contribution in [2.24, 2.45) is 14.1 Å². The zero-order valence-corrected chi connectivity index (χ0v) is 45.2. The molecule has 406 valence electrons. The van der Waals surface area contributed by atoms with Crippen LogP contribution >= 0.6 is 0 Å². The monoisotopic (exact) mass is 1100 g/mol. The number of rotatable bonds is 16. The summed E-state index contributed by atoms with van der Waals surface area (Å²) in [7, 11) is 0.615. The van der Waals surface area contributed by atoms with Crippen molar-refractivity contribution in [2.45, 2.75) is 42.1 Å². The fourth-order valence-corrected chi connectivity index (χ4v) is 11.9. The van der Waals surface area contributed by atoms with E-state index in [-0.39, 0.29) is 41.5 Å². The van der Waals surface area contributed by atoms with Crippen LogP contribution in [0.4, 0.5) is 0 Å². The maximum Gasteiger partial charge on any atom is 0.267 e. The third-order valence-corrected chi connectivity index (χ3v) is 16.1. The molecule has 2 atom stereocenters. The number of sulfonamides is 2.